The lowest BCUT2D eigenvalue weighted by Crippen LogP contribution is -2.53. The molecule has 0 saturated carbocycles. The molecular formula is C16H19N3O2. The maximum absolute atomic E-state index is 12.4. The fourth-order valence-corrected chi connectivity index (χ4v) is 3.28. The molecule has 2 aliphatic rings. The molecule has 0 atom stereocenters. The molecule has 2 fully saturated rings. The summed E-state index contributed by atoms with van der Waals surface area (Å²) in [5.41, 5.74) is 2.17. The van der Waals surface area contributed by atoms with Crippen LogP contribution in [0, 0.1) is 5.92 Å². The number of fused-ring (bicyclic) bond motifs is 1. The summed E-state index contributed by atoms with van der Waals surface area (Å²) in [5.74, 6) is 0.471. The molecule has 4 rings (SSSR count). The van der Waals surface area contributed by atoms with Crippen LogP contribution in [0.15, 0.2) is 30.6 Å². The van der Waals surface area contributed by atoms with Crippen molar-refractivity contribution in [3.63, 3.8) is 0 Å². The van der Waals surface area contributed by atoms with Crippen LogP contribution in [0.25, 0.3) is 11.0 Å². The quantitative estimate of drug-likeness (QED) is 0.846. The van der Waals surface area contributed by atoms with E-state index >= 15 is 0 Å². The van der Waals surface area contributed by atoms with Crippen molar-refractivity contribution in [3.05, 3.63) is 30.6 Å². The molecular weight excluding hydrogens is 266 g/mol. The zero-order valence-electron chi connectivity index (χ0n) is 11.9. The molecule has 0 aliphatic carbocycles. The molecule has 5 heteroatoms. The van der Waals surface area contributed by atoms with E-state index in [4.69, 9.17) is 4.74 Å². The number of hydrogen-bond acceptors (Lipinski definition) is 3. The Hall–Kier alpha value is -1.88. The minimum absolute atomic E-state index is 0.166. The fraction of sp³-hybridized carbons (Fsp3) is 0.500. The van der Waals surface area contributed by atoms with Crippen LogP contribution in [-0.4, -0.2) is 46.7 Å². The molecule has 0 N–H and O–H groups in total. The molecule has 0 bridgehead atoms. The molecule has 3 heterocycles. The molecule has 2 saturated heterocycles. The topological polar surface area (TPSA) is 47.4 Å². The Morgan fingerprint density at radius 3 is 2.76 bits per heavy atom. The van der Waals surface area contributed by atoms with E-state index in [1.54, 1.807) is 0 Å². The van der Waals surface area contributed by atoms with E-state index in [0.717, 1.165) is 50.2 Å². The van der Waals surface area contributed by atoms with Gasteiger partial charge in [0.2, 0.25) is 5.91 Å². The molecule has 2 aromatic rings. The van der Waals surface area contributed by atoms with E-state index in [1.807, 2.05) is 29.4 Å². The Morgan fingerprint density at radius 2 is 1.95 bits per heavy atom. The minimum Gasteiger partial charge on any atom is -0.381 e. The van der Waals surface area contributed by atoms with Gasteiger partial charge in [0.1, 0.15) is 0 Å². The van der Waals surface area contributed by atoms with E-state index in [-0.39, 0.29) is 5.92 Å². The van der Waals surface area contributed by atoms with Crippen molar-refractivity contribution in [3.8, 4) is 0 Å². The monoisotopic (exact) mass is 285 g/mol. The number of nitrogens with zero attached hydrogens (tertiary/aromatic N) is 3. The van der Waals surface area contributed by atoms with E-state index in [2.05, 4.69) is 15.6 Å². The highest BCUT2D eigenvalue weighted by Gasteiger charge is 2.36. The van der Waals surface area contributed by atoms with Gasteiger partial charge in [-0.2, -0.15) is 0 Å². The van der Waals surface area contributed by atoms with Crippen LogP contribution in [0.4, 0.5) is 0 Å². The highest BCUT2D eigenvalue weighted by Crippen LogP contribution is 2.28. The number of hydrogen-bond donors (Lipinski definition) is 0. The Morgan fingerprint density at radius 1 is 1.19 bits per heavy atom. The standard InChI is InChI=1S/C16H19N3O2/c20-16(12-5-7-21-8-6-12)18-9-13(10-18)19-11-17-14-3-1-2-4-15(14)19/h1-4,11-13H,5-10H2. The highest BCUT2D eigenvalue weighted by atomic mass is 16.5. The average molecular weight is 285 g/mol. The van der Waals surface area contributed by atoms with E-state index in [0.29, 0.717) is 11.9 Å². The lowest BCUT2D eigenvalue weighted by molar-refractivity contribution is -0.144. The second-order valence-electron chi connectivity index (χ2n) is 5.92. The van der Waals surface area contributed by atoms with E-state index in [9.17, 15) is 4.79 Å². The molecule has 1 aromatic heterocycles. The number of aromatic nitrogens is 2. The predicted molar refractivity (Wildman–Crippen MR) is 78.9 cm³/mol. The summed E-state index contributed by atoms with van der Waals surface area (Å²) in [5, 5.41) is 0. The first-order chi connectivity index (χ1) is 10.3. The number of carbonyl (C=O) groups is 1. The fourth-order valence-electron chi connectivity index (χ4n) is 3.28. The molecule has 5 nitrogen and oxygen atoms in total. The molecule has 110 valence electrons. The molecule has 0 radical (unpaired) electrons. The smallest absolute Gasteiger partial charge is 0.226 e. The summed E-state index contributed by atoms with van der Waals surface area (Å²) >= 11 is 0. The molecule has 2 aliphatic heterocycles. The van der Waals surface area contributed by atoms with E-state index in [1.165, 1.54) is 0 Å². The summed E-state index contributed by atoms with van der Waals surface area (Å²) < 4.78 is 7.52. The zero-order valence-corrected chi connectivity index (χ0v) is 11.9. The molecule has 1 aromatic carbocycles. The first kappa shape index (κ1) is 12.8. The van der Waals surface area contributed by atoms with Gasteiger partial charge in [-0.3, -0.25) is 4.79 Å². The molecule has 0 spiro atoms. The van der Waals surface area contributed by atoms with Crippen molar-refractivity contribution in [1.82, 2.24) is 14.5 Å². The molecule has 1 amide bonds. The normalized spacial score (nSPS) is 20.7. The molecule has 21 heavy (non-hydrogen) atoms. The summed E-state index contributed by atoms with van der Waals surface area (Å²) in [6.45, 7) is 3.05. The van der Waals surface area contributed by atoms with Gasteiger partial charge in [0.15, 0.2) is 0 Å². The maximum Gasteiger partial charge on any atom is 0.226 e. The highest BCUT2D eigenvalue weighted by molar-refractivity contribution is 5.80. The van der Waals surface area contributed by atoms with Crippen LogP contribution in [0.2, 0.25) is 0 Å². The third-order valence-corrected chi connectivity index (χ3v) is 4.62. The number of carbonyl (C=O) groups excluding carboxylic acids is 1. The Bertz CT molecular complexity index is 654. The van der Waals surface area contributed by atoms with Crippen LogP contribution in [0.1, 0.15) is 18.9 Å². The van der Waals surface area contributed by atoms with Crippen LogP contribution in [0.5, 0.6) is 0 Å². The summed E-state index contributed by atoms with van der Waals surface area (Å²) in [4.78, 5) is 18.8. The third-order valence-electron chi connectivity index (χ3n) is 4.62. The maximum atomic E-state index is 12.4. The van der Waals surface area contributed by atoms with Gasteiger partial charge < -0.3 is 14.2 Å². The van der Waals surface area contributed by atoms with Gasteiger partial charge in [0.05, 0.1) is 23.4 Å². The van der Waals surface area contributed by atoms with Crippen molar-refractivity contribution >= 4 is 16.9 Å². The number of likely N-dealkylation sites (tertiary alicyclic amines) is 1. The second-order valence-corrected chi connectivity index (χ2v) is 5.92. The van der Waals surface area contributed by atoms with Crippen LogP contribution in [0.3, 0.4) is 0 Å². The summed E-state index contributed by atoms with van der Waals surface area (Å²) in [6, 6.07) is 8.51. The van der Waals surface area contributed by atoms with Crippen LogP contribution >= 0.6 is 0 Å². The number of amides is 1. The Balaban J connectivity index is 1.43. The van der Waals surface area contributed by atoms with Crippen molar-refractivity contribution in [1.29, 1.82) is 0 Å². The average Bonchev–Trinajstić information content (AvgIpc) is 2.91. The third kappa shape index (κ3) is 2.21. The largest absolute Gasteiger partial charge is 0.381 e. The van der Waals surface area contributed by atoms with Crippen molar-refractivity contribution in [2.45, 2.75) is 18.9 Å². The predicted octanol–water partition coefficient (Wildman–Crippen LogP) is 1.85. The van der Waals surface area contributed by atoms with Gasteiger partial charge in [0.25, 0.3) is 0 Å². The zero-order chi connectivity index (χ0) is 14.2. The van der Waals surface area contributed by atoms with Gasteiger partial charge in [-0.25, -0.2) is 4.98 Å². The molecule has 0 unspecified atom stereocenters. The number of benzene rings is 1. The van der Waals surface area contributed by atoms with Crippen molar-refractivity contribution < 1.29 is 9.53 Å². The lowest BCUT2D eigenvalue weighted by atomic mass is 9.96. The second kappa shape index (κ2) is 5.15. The summed E-state index contributed by atoms with van der Waals surface area (Å²) in [7, 11) is 0. The lowest BCUT2D eigenvalue weighted by Gasteiger charge is -2.42. The SMILES string of the molecule is O=C(C1CCOCC1)N1CC(n2cnc3ccccc32)C1. The summed E-state index contributed by atoms with van der Waals surface area (Å²) in [6.07, 6.45) is 3.63. The van der Waals surface area contributed by atoms with Gasteiger partial charge in [0, 0.05) is 32.2 Å². The van der Waals surface area contributed by atoms with Gasteiger partial charge in [-0.1, -0.05) is 12.1 Å². The number of rotatable bonds is 2. The number of imidazole rings is 1. The van der Waals surface area contributed by atoms with Gasteiger partial charge in [-0.05, 0) is 25.0 Å². The number of para-hydroxylation sites is 2. The Kier molecular flexibility index (Phi) is 3.15. The number of ether oxygens (including phenoxy) is 1. The first-order valence-corrected chi connectivity index (χ1v) is 7.61. The van der Waals surface area contributed by atoms with Crippen LogP contribution in [-0.2, 0) is 9.53 Å². The van der Waals surface area contributed by atoms with E-state index < -0.39 is 0 Å². The van der Waals surface area contributed by atoms with Crippen molar-refractivity contribution in [2.75, 3.05) is 26.3 Å². The minimum atomic E-state index is 0.166. The van der Waals surface area contributed by atoms with Crippen LogP contribution < -0.4 is 0 Å². The van der Waals surface area contributed by atoms with Crippen molar-refractivity contribution in [2.24, 2.45) is 5.92 Å². The van der Waals surface area contributed by atoms with Gasteiger partial charge >= 0.3 is 0 Å². The Labute approximate surface area is 123 Å². The first-order valence-electron chi connectivity index (χ1n) is 7.61. The van der Waals surface area contributed by atoms with Gasteiger partial charge in [-0.15, -0.1) is 0 Å².